The molecule has 0 radical (unpaired) electrons. The molecule has 0 atom stereocenters. The second-order valence-corrected chi connectivity index (χ2v) is 8.31. The van der Waals surface area contributed by atoms with Crippen LogP contribution in [0.25, 0.3) is 10.9 Å². The minimum Gasteiger partial charge on any atom is -0.493 e. The first-order chi connectivity index (χ1) is 17.0. The van der Waals surface area contributed by atoms with Gasteiger partial charge < -0.3 is 14.2 Å². The molecule has 4 aromatic rings. The van der Waals surface area contributed by atoms with Gasteiger partial charge in [0, 0.05) is 16.5 Å². The van der Waals surface area contributed by atoms with E-state index in [1.165, 1.54) is 11.8 Å². The Hall–Kier alpha value is -4.33. The van der Waals surface area contributed by atoms with Crippen LogP contribution in [0.3, 0.4) is 0 Å². The van der Waals surface area contributed by atoms with Crippen molar-refractivity contribution in [3.05, 3.63) is 83.0 Å². The van der Waals surface area contributed by atoms with Gasteiger partial charge in [-0.1, -0.05) is 38.1 Å². The number of hydrazone groups is 1. The lowest BCUT2D eigenvalue weighted by Crippen LogP contribution is -2.17. The summed E-state index contributed by atoms with van der Waals surface area (Å²) in [6.45, 7) is 4.70. The highest BCUT2D eigenvalue weighted by molar-refractivity contribution is 5.98. The number of aromatic nitrogens is 2. The predicted octanol–water partition coefficient (Wildman–Crippen LogP) is 5.05. The number of aromatic amines is 1. The number of H-pyrrole nitrogens is 1. The third kappa shape index (κ3) is 5.60. The van der Waals surface area contributed by atoms with Crippen LogP contribution in [0, 0.1) is 0 Å². The molecular formula is C27H28N4O4. The van der Waals surface area contributed by atoms with E-state index >= 15 is 0 Å². The molecule has 1 heterocycles. The van der Waals surface area contributed by atoms with Crippen molar-refractivity contribution < 1.29 is 19.0 Å². The molecule has 1 amide bonds. The van der Waals surface area contributed by atoms with Crippen LogP contribution < -0.4 is 19.6 Å². The maximum Gasteiger partial charge on any atom is 0.271 e. The number of carbonyl (C=O) groups excluding carboxylic acids is 1. The van der Waals surface area contributed by atoms with Gasteiger partial charge in [-0.15, -0.1) is 0 Å². The van der Waals surface area contributed by atoms with E-state index in [-0.39, 0.29) is 5.91 Å². The molecule has 8 nitrogen and oxygen atoms in total. The molecule has 2 N–H and O–H groups in total. The fourth-order valence-corrected chi connectivity index (χ4v) is 3.59. The van der Waals surface area contributed by atoms with Gasteiger partial charge in [0.05, 0.1) is 32.1 Å². The van der Waals surface area contributed by atoms with Crippen molar-refractivity contribution >= 4 is 23.0 Å². The average molecular weight is 473 g/mol. The van der Waals surface area contributed by atoms with Crippen LogP contribution in [0.4, 0.5) is 0 Å². The fourth-order valence-electron chi connectivity index (χ4n) is 3.59. The van der Waals surface area contributed by atoms with Gasteiger partial charge in [0.2, 0.25) is 5.75 Å². The van der Waals surface area contributed by atoms with E-state index in [1.54, 1.807) is 50.7 Å². The molecule has 0 saturated heterocycles. The Morgan fingerprint density at radius 1 is 1.06 bits per heavy atom. The molecule has 0 aliphatic heterocycles. The zero-order valence-electron chi connectivity index (χ0n) is 20.2. The highest BCUT2D eigenvalue weighted by Gasteiger charge is 2.14. The smallest absolute Gasteiger partial charge is 0.271 e. The lowest BCUT2D eigenvalue weighted by molar-refractivity contribution is 0.0955. The van der Waals surface area contributed by atoms with Crippen molar-refractivity contribution in [2.75, 3.05) is 14.2 Å². The summed E-state index contributed by atoms with van der Waals surface area (Å²) in [5.74, 6) is 1.65. The van der Waals surface area contributed by atoms with E-state index < -0.39 is 0 Å². The van der Waals surface area contributed by atoms with Crippen molar-refractivity contribution in [2.24, 2.45) is 5.10 Å². The molecule has 0 bridgehead atoms. The van der Waals surface area contributed by atoms with Gasteiger partial charge in [0.15, 0.2) is 11.5 Å². The summed E-state index contributed by atoms with van der Waals surface area (Å²) in [6.07, 6.45) is 3.19. The number of ether oxygens (including phenoxy) is 3. The standard InChI is InChI=1S/C27H28N4O4/c1-17(2)20-7-5-18(6-8-20)16-35-26-24(33-3)11-19(12-25(26)34-4)14-28-31-27(32)21-9-10-23-22(13-21)15-29-30-23/h5-15,17H,16H2,1-4H3,(H,29,30)(H,31,32)/b28-14+. The number of amides is 1. The Morgan fingerprint density at radius 2 is 1.77 bits per heavy atom. The van der Waals surface area contributed by atoms with E-state index in [4.69, 9.17) is 14.2 Å². The number of fused-ring (bicyclic) bond motifs is 1. The van der Waals surface area contributed by atoms with Crippen molar-refractivity contribution in [2.45, 2.75) is 26.4 Å². The molecule has 8 heteroatoms. The highest BCUT2D eigenvalue weighted by Crippen LogP contribution is 2.38. The number of benzene rings is 3. The van der Waals surface area contributed by atoms with E-state index in [9.17, 15) is 4.79 Å². The van der Waals surface area contributed by atoms with E-state index in [1.807, 2.05) is 0 Å². The molecule has 3 aromatic carbocycles. The summed E-state index contributed by atoms with van der Waals surface area (Å²) < 4.78 is 17.1. The summed E-state index contributed by atoms with van der Waals surface area (Å²) in [7, 11) is 3.13. The number of rotatable bonds is 9. The molecular weight excluding hydrogens is 444 g/mol. The second kappa shape index (κ2) is 10.7. The molecule has 1 aromatic heterocycles. The minimum absolute atomic E-state index is 0.327. The fraction of sp³-hybridized carbons (Fsp3) is 0.222. The largest absolute Gasteiger partial charge is 0.493 e. The van der Waals surface area contributed by atoms with Crippen LogP contribution in [0.1, 0.15) is 46.8 Å². The van der Waals surface area contributed by atoms with Crippen molar-refractivity contribution in [3.63, 3.8) is 0 Å². The summed E-state index contributed by atoms with van der Waals surface area (Å²) in [6, 6.07) is 17.1. The van der Waals surface area contributed by atoms with Crippen LogP contribution in [0.5, 0.6) is 17.2 Å². The Kier molecular flexibility index (Phi) is 7.30. The summed E-state index contributed by atoms with van der Waals surface area (Å²) >= 11 is 0. The predicted molar refractivity (Wildman–Crippen MR) is 136 cm³/mol. The first kappa shape index (κ1) is 23.8. The Morgan fingerprint density at radius 3 is 2.43 bits per heavy atom. The summed E-state index contributed by atoms with van der Waals surface area (Å²) in [5.41, 5.74) is 6.88. The van der Waals surface area contributed by atoms with Crippen LogP contribution >= 0.6 is 0 Å². The highest BCUT2D eigenvalue weighted by atomic mass is 16.5. The third-order valence-corrected chi connectivity index (χ3v) is 5.59. The Balaban J connectivity index is 1.45. The number of hydrogen-bond acceptors (Lipinski definition) is 6. The van der Waals surface area contributed by atoms with Gasteiger partial charge in [-0.25, -0.2) is 5.43 Å². The lowest BCUT2D eigenvalue weighted by atomic mass is 10.0. The minimum atomic E-state index is -0.327. The molecule has 4 rings (SSSR count). The molecule has 35 heavy (non-hydrogen) atoms. The van der Waals surface area contributed by atoms with Gasteiger partial charge in [-0.05, 0) is 47.4 Å². The topological polar surface area (TPSA) is 97.8 Å². The zero-order chi connectivity index (χ0) is 24.8. The molecule has 0 fully saturated rings. The first-order valence-electron chi connectivity index (χ1n) is 11.2. The van der Waals surface area contributed by atoms with Crippen LogP contribution in [-0.2, 0) is 6.61 Å². The molecule has 0 spiro atoms. The number of hydrogen-bond donors (Lipinski definition) is 2. The maximum atomic E-state index is 12.5. The number of carbonyl (C=O) groups is 1. The SMILES string of the molecule is COc1cc(/C=N/NC(=O)c2ccc3[nH]ncc3c2)cc(OC)c1OCc1ccc(C(C)C)cc1. The monoisotopic (exact) mass is 472 g/mol. The number of nitrogens with one attached hydrogen (secondary N) is 2. The van der Waals surface area contributed by atoms with Crippen molar-refractivity contribution in [1.29, 1.82) is 0 Å². The van der Waals surface area contributed by atoms with E-state index in [2.05, 4.69) is 58.8 Å². The Bertz CT molecular complexity index is 1320. The van der Waals surface area contributed by atoms with Crippen LogP contribution in [0.2, 0.25) is 0 Å². The van der Waals surface area contributed by atoms with Gasteiger partial charge in [0.1, 0.15) is 6.61 Å². The number of methoxy groups -OCH3 is 2. The summed E-state index contributed by atoms with van der Waals surface area (Å²) in [4.78, 5) is 12.5. The third-order valence-electron chi connectivity index (χ3n) is 5.59. The molecule has 0 aliphatic carbocycles. The van der Waals surface area contributed by atoms with Gasteiger partial charge in [0.25, 0.3) is 5.91 Å². The quantitative estimate of drug-likeness (QED) is 0.263. The zero-order valence-corrected chi connectivity index (χ0v) is 20.2. The van der Waals surface area contributed by atoms with Crippen molar-refractivity contribution in [3.8, 4) is 17.2 Å². The average Bonchev–Trinajstić information content (AvgIpc) is 3.35. The first-order valence-corrected chi connectivity index (χ1v) is 11.2. The molecule has 0 saturated carbocycles. The molecule has 0 aliphatic rings. The van der Waals surface area contributed by atoms with Crippen LogP contribution in [0.15, 0.2) is 65.9 Å². The van der Waals surface area contributed by atoms with Gasteiger partial charge >= 0.3 is 0 Å². The molecule has 0 unspecified atom stereocenters. The normalized spacial score (nSPS) is 11.2. The van der Waals surface area contributed by atoms with Crippen LogP contribution in [-0.4, -0.2) is 36.5 Å². The number of nitrogens with zero attached hydrogens (tertiary/aromatic N) is 2. The molecule has 180 valence electrons. The second-order valence-electron chi connectivity index (χ2n) is 8.31. The van der Waals surface area contributed by atoms with E-state index in [0.29, 0.717) is 40.9 Å². The van der Waals surface area contributed by atoms with Gasteiger partial charge in [-0.3, -0.25) is 9.89 Å². The van der Waals surface area contributed by atoms with Crippen molar-refractivity contribution in [1.82, 2.24) is 15.6 Å². The van der Waals surface area contributed by atoms with E-state index in [0.717, 1.165) is 16.5 Å². The maximum absolute atomic E-state index is 12.5. The Labute approximate surface area is 203 Å². The lowest BCUT2D eigenvalue weighted by Gasteiger charge is -2.15. The summed E-state index contributed by atoms with van der Waals surface area (Å²) in [5, 5.41) is 11.8. The van der Waals surface area contributed by atoms with Gasteiger partial charge in [-0.2, -0.15) is 10.2 Å².